The SMILES string of the molecule is CCNC(=NCc1cccc(CN2CCCC2=O)c1)Nc1ccc2c(c1)OCCCO2. The van der Waals surface area contributed by atoms with E-state index in [-0.39, 0.29) is 5.91 Å². The number of nitrogens with zero attached hydrogens (tertiary/aromatic N) is 2. The summed E-state index contributed by atoms with van der Waals surface area (Å²) in [4.78, 5) is 18.6. The molecule has 0 aliphatic carbocycles. The molecule has 2 aromatic rings. The van der Waals surface area contributed by atoms with Gasteiger partial charge in [0.25, 0.3) is 0 Å². The van der Waals surface area contributed by atoms with E-state index in [9.17, 15) is 4.79 Å². The maximum atomic E-state index is 11.9. The van der Waals surface area contributed by atoms with Crippen molar-refractivity contribution in [2.45, 2.75) is 39.3 Å². The fraction of sp³-hybridized carbons (Fsp3) is 0.417. The number of hydrogen-bond acceptors (Lipinski definition) is 4. The van der Waals surface area contributed by atoms with Crippen LogP contribution in [0, 0.1) is 0 Å². The Morgan fingerprint density at radius 2 is 1.90 bits per heavy atom. The highest BCUT2D eigenvalue weighted by molar-refractivity contribution is 5.93. The largest absolute Gasteiger partial charge is 0.490 e. The summed E-state index contributed by atoms with van der Waals surface area (Å²) in [6.45, 7) is 6.20. The first-order chi connectivity index (χ1) is 15.2. The molecule has 1 amide bonds. The van der Waals surface area contributed by atoms with E-state index in [1.807, 2.05) is 36.1 Å². The fourth-order valence-corrected chi connectivity index (χ4v) is 3.77. The molecule has 0 saturated carbocycles. The third kappa shape index (κ3) is 5.69. The molecule has 7 nitrogen and oxygen atoms in total. The van der Waals surface area contributed by atoms with Crippen molar-refractivity contribution in [1.29, 1.82) is 0 Å². The minimum absolute atomic E-state index is 0.247. The second-order valence-corrected chi connectivity index (χ2v) is 7.77. The number of aliphatic imine (C=N–C) groups is 1. The highest BCUT2D eigenvalue weighted by atomic mass is 16.5. The Kier molecular flexibility index (Phi) is 6.92. The third-order valence-electron chi connectivity index (χ3n) is 5.31. The van der Waals surface area contributed by atoms with Gasteiger partial charge in [-0.05, 0) is 36.6 Å². The van der Waals surface area contributed by atoms with Crippen LogP contribution in [0.3, 0.4) is 0 Å². The van der Waals surface area contributed by atoms with E-state index in [1.54, 1.807) is 0 Å². The molecular weight excluding hydrogens is 392 g/mol. The summed E-state index contributed by atoms with van der Waals surface area (Å²) in [7, 11) is 0. The maximum absolute atomic E-state index is 11.9. The van der Waals surface area contributed by atoms with Crippen molar-refractivity contribution >= 4 is 17.6 Å². The lowest BCUT2D eigenvalue weighted by molar-refractivity contribution is -0.128. The van der Waals surface area contributed by atoms with Crippen LogP contribution in [0.5, 0.6) is 11.5 Å². The molecular formula is C24H30N4O3. The van der Waals surface area contributed by atoms with Gasteiger partial charge in [-0.1, -0.05) is 24.3 Å². The fourth-order valence-electron chi connectivity index (χ4n) is 3.77. The minimum atomic E-state index is 0.247. The number of hydrogen-bond donors (Lipinski definition) is 2. The van der Waals surface area contributed by atoms with E-state index in [0.29, 0.717) is 38.7 Å². The van der Waals surface area contributed by atoms with Gasteiger partial charge in [-0.15, -0.1) is 0 Å². The molecule has 0 spiro atoms. The summed E-state index contributed by atoms with van der Waals surface area (Å²) >= 11 is 0. The number of fused-ring (bicyclic) bond motifs is 1. The van der Waals surface area contributed by atoms with Gasteiger partial charge in [-0.25, -0.2) is 4.99 Å². The number of carbonyl (C=O) groups excluding carboxylic acids is 1. The monoisotopic (exact) mass is 422 g/mol. The molecule has 0 bridgehead atoms. The molecule has 2 aliphatic heterocycles. The molecule has 1 fully saturated rings. The highest BCUT2D eigenvalue weighted by Gasteiger charge is 2.20. The van der Waals surface area contributed by atoms with E-state index >= 15 is 0 Å². The number of ether oxygens (including phenoxy) is 2. The zero-order valence-corrected chi connectivity index (χ0v) is 18.0. The molecule has 7 heteroatoms. The Morgan fingerprint density at radius 1 is 1.06 bits per heavy atom. The molecule has 164 valence electrons. The average molecular weight is 423 g/mol. The van der Waals surface area contributed by atoms with Gasteiger partial charge in [-0.2, -0.15) is 0 Å². The molecule has 2 aliphatic rings. The van der Waals surface area contributed by atoms with Crippen LogP contribution in [-0.4, -0.2) is 43.1 Å². The van der Waals surface area contributed by atoms with Crippen molar-refractivity contribution in [2.75, 3.05) is 31.6 Å². The minimum Gasteiger partial charge on any atom is -0.490 e. The zero-order valence-electron chi connectivity index (χ0n) is 18.0. The molecule has 2 N–H and O–H groups in total. The number of guanidine groups is 1. The van der Waals surface area contributed by atoms with E-state index in [0.717, 1.165) is 54.2 Å². The van der Waals surface area contributed by atoms with Gasteiger partial charge in [0.2, 0.25) is 5.91 Å². The smallest absolute Gasteiger partial charge is 0.222 e. The zero-order chi connectivity index (χ0) is 21.5. The average Bonchev–Trinajstić information content (AvgIpc) is 3.03. The predicted octanol–water partition coefficient (Wildman–Crippen LogP) is 3.55. The standard InChI is InChI=1S/C24H30N4O3/c1-2-25-24(27-20-9-10-21-22(15-20)31-13-5-12-30-21)26-16-18-6-3-7-19(14-18)17-28-11-4-8-23(28)29/h3,6-7,9-10,14-15H,2,4-5,8,11-13,16-17H2,1H3,(H2,25,26,27). The molecule has 31 heavy (non-hydrogen) atoms. The van der Waals surface area contributed by atoms with Gasteiger partial charge in [0, 0.05) is 44.2 Å². The first kappa shape index (κ1) is 21.0. The van der Waals surface area contributed by atoms with Gasteiger partial charge in [-0.3, -0.25) is 4.79 Å². The quantitative estimate of drug-likeness (QED) is 0.550. The van der Waals surface area contributed by atoms with Crippen molar-refractivity contribution in [3.63, 3.8) is 0 Å². The Labute approximate surface area is 183 Å². The molecule has 0 unspecified atom stereocenters. The van der Waals surface area contributed by atoms with Gasteiger partial charge < -0.3 is 25.0 Å². The molecule has 1 saturated heterocycles. The maximum Gasteiger partial charge on any atom is 0.222 e. The Morgan fingerprint density at radius 3 is 2.71 bits per heavy atom. The van der Waals surface area contributed by atoms with Gasteiger partial charge in [0.15, 0.2) is 17.5 Å². The van der Waals surface area contributed by atoms with Crippen molar-refractivity contribution in [2.24, 2.45) is 4.99 Å². The number of amides is 1. The summed E-state index contributed by atoms with van der Waals surface area (Å²) in [5.74, 6) is 2.48. The summed E-state index contributed by atoms with van der Waals surface area (Å²) < 4.78 is 11.5. The van der Waals surface area contributed by atoms with Crippen LogP contribution in [0.4, 0.5) is 5.69 Å². The Hall–Kier alpha value is -3.22. The predicted molar refractivity (Wildman–Crippen MR) is 122 cm³/mol. The van der Waals surface area contributed by atoms with Crippen LogP contribution in [-0.2, 0) is 17.9 Å². The number of likely N-dealkylation sites (tertiary alicyclic amines) is 1. The van der Waals surface area contributed by atoms with Crippen LogP contribution < -0.4 is 20.1 Å². The first-order valence-electron chi connectivity index (χ1n) is 11.0. The lowest BCUT2D eigenvalue weighted by Gasteiger charge is -2.16. The van der Waals surface area contributed by atoms with Crippen LogP contribution in [0.25, 0.3) is 0 Å². The highest BCUT2D eigenvalue weighted by Crippen LogP contribution is 2.32. The first-order valence-corrected chi connectivity index (χ1v) is 11.0. The van der Waals surface area contributed by atoms with Crippen molar-refractivity contribution in [1.82, 2.24) is 10.2 Å². The molecule has 0 aromatic heterocycles. The number of carbonyl (C=O) groups is 1. The van der Waals surface area contributed by atoms with E-state index in [2.05, 4.69) is 28.8 Å². The third-order valence-corrected chi connectivity index (χ3v) is 5.31. The van der Waals surface area contributed by atoms with Crippen molar-refractivity contribution < 1.29 is 14.3 Å². The van der Waals surface area contributed by atoms with E-state index in [1.165, 1.54) is 0 Å². The van der Waals surface area contributed by atoms with Crippen LogP contribution in [0.1, 0.15) is 37.3 Å². The summed E-state index contributed by atoms with van der Waals surface area (Å²) in [5, 5.41) is 6.64. The van der Waals surface area contributed by atoms with E-state index < -0.39 is 0 Å². The lowest BCUT2D eigenvalue weighted by Crippen LogP contribution is -2.30. The summed E-state index contributed by atoms with van der Waals surface area (Å²) in [6.07, 6.45) is 2.51. The number of nitrogens with one attached hydrogen (secondary N) is 2. The van der Waals surface area contributed by atoms with Gasteiger partial charge in [0.1, 0.15) is 0 Å². The molecule has 2 heterocycles. The lowest BCUT2D eigenvalue weighted by atomic mass is 10.1. The summed E-state index contributed by atoms with van der Waals surface area (Å²) in [6, 6.07) is 14.1. The molecule has 0 atom stereocenters. The Balaban J connectivity index is 1.42. The molecule has 0 radical (unpaired) electrons. The molecule has 2 aromatic carbocycles. The number of anilines is 1. The van der Waals surface area contributed by atoms with Crippen molar-refractivity contribution in [3.8, 4) is 11.5 Å². The van der Waals surface area contributed by atoms with Gasteiger partial charge >= 0.3 is 0 Å². The number of benzene rings is 2. The van der Waals surface area contributed by atoms with E-state index in [4.69, 9.17) is 14.5 Å². The van der Waals surface area contributed by atoms with Crippen LogP contribution >= 0.6 is 0 Å². The van der Waals surface area contributed by atoms with Crippen LogP contribution in [0.15, 0.2) is 47.5 Å². The second-order valence-electron chi connectivity index (χ2n) is 7.77. The number of rotatable bonds is 6. The second kappa shape index (κ2) is 10.2. The normalized spacial score (nSPS) is 16.2. The topological polar surface area (TPSA) is 75.2 Å². The van der Waals surface area contributed by atoms with Crippen LogP contribution in [0.2, 0.25) is 0 Å². The molecule has 4 rings (SSSR count). The Bertz CT molecular complexity index is 944. The van der Waals surface area contributed by atoms with Gasteiger partial charge in [0.05, 0.1) is 19.8 Å². The van der Waals surface area contributed by atoms with Crippen molar-refractivity contribution in [3.05, 3.63) is 53.6 Å². The summed E-state index contributed by atoms with van der Waals surface area (Å²) in [5.41, 5.74) is 3.15.